The van der Waals surface area contributed by atoms with Crippen LogP contribution < -0.4 is 5.43 Å². The number of carbonyl (C=O) groups excluding carboxylic acids is 3. The van der Waals surface area contributed by atoms with Gasteiger partial charge in [0.05, 0.1) is 0 Å². The molecule has 6 nitrogen and oxygen atoms in total. The first-order valence-electron chi connectivity index (χ1n) is 9.90. The molecule has 6 heteroatoms. The third kappa shape index (κ3) is 5.74. The third-order valence-corrected chi connectivity index (χ3v) is 5.13. The molecule has 1 aliphatic heterocycles. The summed E-state index contributed by atoms with van der Waals surface area (Å²) in [4.78, 5) is 41.9. The number of hydrogen-bond acceptors (Lipinski definition) is 5. The molecule has 2 rings (SSSR count). The van der Waals surface area contributed by atoms with Gasteiger partial charge in [-0.3, -0.25) is 24.4 Å². The van der Waals surface area contributed by atoms with Crippen molar-refractivity contribution in [3.63, 3.8) is 0 Å². The molecule has 1 unspecified atom stereocenters. The van der Waals surface area contributed by atoms with E-state index in [1.54, 1.807) is 26.2 Å². The van der Waals surface area contributed by atoms with E-state index in [1.165, 1.54) is 5.01 Å². The molecular formula is C22H29N3O3. The number of Topliss-reactive ketones (excluding diaryl/α,β-unsaturated/α-hetero) is 2. The molecule has 0 bridgehead atoms. The molecule has 0 aliphatic carbocycles. The van der Waals surface area contributed by atoms with E-state index in [4.69, 9.17) is 0 Å². The van der Waals surface area contributed by atoms with Gasteiger partial charge in [0.15, 0.2) is 0 Å². The van der Waals surface area contributed by atoms with Crippen molar-refractivity contribution >= 4 is 17.5 Å². The van der Waals surface area contributed by atoms with E-state index >= 15 is 0 Å². The maximum atomic E-state index is 12.7. The number of carbonyl (C=O) groups is 3. The summed E-state index contributed by atoms with van der Waals surface area (Å²) in [5, 5.41) is 1.38. The number of ketones is 2. The number of aromatic nitrogens is 1. The molecule has 1 saturated heterocycles. The number of hydrazine groups is 1. The van der Waals surface area contributed by atoms with Crippen LogP contribution in [0.2, 0.25) is 0 Å². The van der Waals surface area contributed by atoms with Gasteiger partial charge in [-0.15, -0.1) is 0 Å². The number of pyridine rings is 1. The van der Waals surface area contributed by atoms with Gasteiger partial charge in [0.2, 0.25) is 17.5 Å². The van der Waals surface area contributed by atoms with Crippen molar-refractivity contribution in [3.05, 3.63) is 30.1 Å². The minimum Gasteiger partial charge on any atom is -0.290 e. The summed E-state index contributed by atoms with van der Waals surface area (Å²) in [6, 6.07) is 3.00. The lowest BCUT2D eigenvalue weighted by atomic mass is 9.81. The van der Waals surface area contributed by atoms with Crippen molar-refractivity contribution in [3.8, 4) is 11.8 Å². The lowest BCUT2D eigenvalue weighted by Gasteiger charge is -2.36. The quantitative estimate of drug-likeness (QED) is 0.445. The van der Waals surface area contributed by atoms with E-state index in [2.05, 4.69) is 22.3 Å². The zero-order valence-electron chi connectivity index (χ0n) is 17.0. The highest BCUT2D eigenvalue weighted by Gasteiger charge is 2.40. The van der Waals surface area contributed by atoms with Gasteiger partial charge in [-0.1, -0.05) is 32.6 Å². The summed E-state index contributed by atoms with van der Waals surface area (Å²) >= 11 is 0. The van der Waals surface area contributed by atoms with Crippen molar-refractivity contribution in [2.45, 2.75) is 65.3 Å². The number of nitrogens with one attached hydrogen (secondary N) is 1. The Kier molecular flexibility index (Phi) is 7.89. The average Bonchev–Trinajstić information content (AvgIpc) is 2.73. The molecule has 1 aliphatic rings. The van der Waals surface area contributed by atoms with Gasteiger partial charge in [-0.2, -0.15) is 0 Å². The zero-order valence-corrected chi connectivity index (χ0v) is 17.0. The van der Waals surface area contributed by atoms with Gasteiger partial charge >= 0.3 is 0 Å². The van der Waals surface area contributed by atoms with Crippen LogP contribution in [0.3, 0.4) is 0 Å². The van der Waals surface area contributed by atoms with Gasteiger partial charge in [0, 0.05) is 42.8 Å². The summed E-state index contributed by atoms with van der Waals surface area (Å²) in [5.41, 5.74) is 3.15. The first-order chi connectivity index (χ1) is 13.4. The van der Waals surface area contributed by atoms with Gasteiger partial charge in [-0.05, 0) is 37.8 Å². The Bertz CT molecular complexity index is 762. The highest BCUT2D eigenvalue weighted by atomic mass is 16.2. The van der Waals surface area contributed by atoms with Gasteiger partial charge in [-0.25, -0.2) is 5.43 Å². The lowest BCUT2D eigenvalue weighted by Crippen LogP contribution is -2.58. The fraction of sp³-hybridized carbons (Fsp3) is 0.545. The molecule has 1 amide bonds. The molecule has 1 aromatic rings. The van der Waals surface area contributed by atoms with Crippen LogP contribution in [0.4, 0.5) is 0 Å². The maximum absolute atomic E-state index is 12.7. The summed E-state index contributed by atoms with van der Waals surface area (Å²) < 4.78 is 0. The summed E-state index contributed by atoms with van der Waals surface area (Å²) in [6.07, 6.45) is 6.71. The topological polar surface area (TPSA) is 79.4 Å². The normalized spacial score (nSPS) is 16.8. The first kappa shape index (κ1) is 21.8. The van der Waals surface area contributed by atoms with Crippen molar-refractivity contribution in [2.24, 2.45) is 5.41 Å². The van der Waals surface area contributed by atoms with Crippen LogP contribution >= 0.6 is 0 Å². The maximum Gasteiger partial charge on any atom is 0.237 e. The zero-order chi connectivity index (χ0) is 20.6. The number of nitrogens with zero attached hydrogens (tertiary/aromatic N) is 2. The first-order valence-corrected chi connectivity index (χ1v) is 9.90. The second kappa shape index (κ2) is 10.1. The molecule has 150 valence electrons. The predicted octanol–water partition coefficient (Wildman–Crippen LogP) is 2.67. The minimum atomic E-state index is -0.707. The van der Waals surface area contributed by atoms with Gasteiger partial charge in [0.25, 0.3) is 0 Å². The third-order valence-electron chi connectivity index (χ3n) is 5.13. The van der Waals surface area contributed by atoms with Gasteiger partial charge in [0.1, 0.15) is 6.04 Å². The molecule has 0 saturated carbocycles. The van der Waals surface area contributed by atoms with E-state index in [-0.39, 0.29) is 12.3 Å². The molecule has 0 aromatic carbocycles. The van der Waals surface area contributed by atoms with Crippen LogP contribution in [0, 0.1) is 17.3 Å². The molecular weight excluding hydrogens is 354 g/mol. The van der Waals surface area contributed by atoms with Crippen molar-refractivity contribution in [1.82, 2.24) is 15.4 Å². The van der Waals surface area contributed by atoms with E-state index in [0.29, 0.717) is 32.2 Å². The fourth-order valence-corrected chi connectivity index (χ4v) is 2.94. The Morgan fingerprint density at radius 1 is 1.36 bits per heavy atom. The predicted molar refractivity (Wildman–Crippen MR) is 107 cm³/mol. The van der Waals surface area contributed by atoms with E-state index < -0.39 is 23.0 Å². The monoisotopic (exact) mass is 383 g/mol. The molecule has 28 heavy (non-hydrogen) atoms. The van der Waals surface area contributed by atoms with Crippen LogP contribution in [0.15, 0.2) is 24.5 Å². The summed E-state index contributed by atoms with van der Waals surface area (Å²) in [6.45, 7) is 6.06. The van der Waals surface area contributed by atoms with E-state index in [0.717, 1.165) is 12.0 Å². The number of hydrogen-bond donors (Lipinski definition) is 1. The Morgan fingerprint density at radius 3 is 2.82 bits per heavy atom. The van der Waals surface area contributed by atoms with E-state index in [1.807, 2.05) is 19.1 Å². The van der Waals surface area contributed by atoms with Gasteiger partial charge < -0.3 is 0 Å². The van der Waals surface area contributed by atoms with Crippen LogP contribution in [-0.4, -0.2) is 40.1 Å². The van der Waals surface area contributed by atoms with Crippen LogP contribution in [0.1, 0.15) is 64.9 Å². The Balaban J connectivity index is 1.92. The molecule has 0 radical (unpaired) electrons. The Hall–Kier alpha value is -2.52. The van der Waals surface area contributed by atoms with Crippen LogP contribution in [0.25, 0.3) is 0 Å². The molecule has 1 aromatic heterocycles. The summed E-state index contributed by atoms with van der Waals surface area (Å²) in [5.74, 6) is 5.02. The van der Waals surface area contributed by atoms with Crippen molar-refractivity contribution in [2.75, 3.05) is 6.54 Å². The highest BCUT2D eigenvalue weighted by molar-refractivity contribution is 6.41. The summed E-state index contributed by atoms with van der Waals surface area (Å²) in [7, 11) is 0. The Labute approximate surface area is 167 Å². The standard InChI is InChI=1S/C22H29N3O3/c1-4-22(2,3)21(28)20(27)18-12-9-15-24-25(18)19(26)13-7-5-6-10-17-11-8-14-23-16-17/h8,11,14,16,18,24H,4-5,7,9,12-13,15H2,1-3H3. The van der Waals surface area contributed by atoms with E-state index in [9.17, 15) is 14.4 Å². The second-order valence-corrected chi connectivity index (χ2v) is 7.66. The molecule has 0 spiro atoms. The Morgan fingerprint density at radius 2 is 2.14 bits per heavy atom. The number of rotatable bonds is 7. The van der Waals surface area contributed by atoms with Crippen LogP contribution in [-0.2, 0) is 14.4 Å². The van der Waals surface area contributed by atoms with Crippen molar-refractivity contribution in [1.29, 1.82) is 0 Å². The SMILES string of the molecule is CCC(C)(C)C(=O)C(=O)C1CCCNN1C(=O)CCCC#Cc1cccnc1. The molecule has 1 atom stereocenters. The lowest BCUT2D eigenvalue weighted by molar-refractivity contribution is -0.152. The largest absolute Gasteiger partial charge is 0.290 e. The molecule has 1 N–H and O–H groups in total. The number of unbranched alkanes of at least 4 members (excludes halogenated alkanes) is 1. The second-order valence-electron chi connectivity index (χ2n) is 7.66. The average molecular weight is 383 g/mol. The molecule has 2 heterocycles. The van der Waals surface area contributed by atoms with Crippen molar-refractivity contribution < 1.29 is 14.4 Å². The van der Waals surface area contributed by atoms with Crippen LogP contribution in [0.5, 0.6) is 0 Å². The number of amides is 1. The smallest absolute Gasteiger partial charge is 0.237 e. The molecule has 1 fully saturated rings. The fourth-order valence-electron chi connectivity index (χ4n) is 2.94. The highest BCUT2D eigenvalue weighted by Crippen LogP contribution is 2.24. The minimum absolute atomic E-state index is 0.164.